The molecular formula is C23H29N3O3. The monoisotopic (exact) mass is 395 g/mol. The van der Waals surface area contributed by atoms with Crippen LogP contribution in [0.15, 0.2) is 48.8 Å². The van der Waals surface area contributed by atoms with Gasteiger partial charge in [-0.15, -0.1) is 0 Å². The second-order valence-electron chi connectivity index (χ2n) is 7.77. The van der Waals surface area contributed by atoms with Gasteiger partial charge in [0.2, 0.25) is 5.91 Å². The third-order valence-corrected chi connectivity index (χ3v) is 6.08. The smallest absolute Gasteiger partial charge is 0.246 e. The molecule has 6 nitrogen and oxygen atoms in total. The zero-order valence-corrected chi connectivity index (χ0v) is 16.9. The van der Waals surface area contributed by atoms with E-state index in [-0.39, 0.29) is 30.1 Å². The van der Waals surface area contributed by atoms with Gasteiger partial charge in [-0.3, -0.25) is 9.78 Å². The van der Waals surface area contributed by atoms with E-state index in [1.54, 1.807) is 6.20 Å². The second-order valence-corrected chi connectivity index (χ2v) is 7.77. The Hall–Kier alpha value is -2.28. The summed E-state index contributed by atoms with van der Waals surface area (Å²) in [4.78, 5) is 16.7. The molecule has 1 aliphatic heterocycles. The van der Waals surface area contributed by atoms with Crippen molar-refractivity contribution in [3.63, 3.8) is 0 Å². The van der Waals surface area contributed by atoms with Crippen LogP contribution < -0.4 is 10.6 Å². The largest absolute Gasteiger partial charge is 0.372 e. The van der Waals surface area contributed by atoms with E-state index in [0.29, 0.717) is 13.2 Å². The van der Waals surface area contributed by atoms with Gasteiger partial charge in [-0.05, 0) is 55.6 Å². The maximum Gasteiger partial charge on any atom is 0.246 e. The first-order chi connectivity index (χ1) is 14.2. The molecule has 0 unspecified atom stereocenters. The zero-order valence-electron chi connectivity index (χ0n) is 16.9. The normalized spacial score (nSPS) is 22.4. The first kappa shape index (κ1) is 20.0. The fourth-order valence-electron chi connectivity index (χ4n) is 4.77. The summed E-state index contributed by atoms with van der Waals surface area (Å²) in [5.74, 6) is -0.104. The highest BCUT2D eigenvalue weighted by atomic mass is 16.5. The second kappa shape index (κ2) is 9.03. The van der Waals surface area contributed by atoms with Crippen LogP contribution in [0.2, 0.25) is 0 Å². The Morgan fingerprint density at radius 2 is 2.07 bits per heavy atom. The Labute approximate surface area is 172 Å². The van der Waals surface area contributed by atoms with Crippen LogP contribution in [0.25, 0.3) is 0 Å². The minimum Gasteiger partial charge on any atom is -0.372 e. The fraction of sp³-hybridized carbons (Fsp3) is 0.478. The number of nitrogens with one attached hydrogen (secondary N) is 2. The molecule has 1 aromatic carbocycles. The van der Waals surface area contributed by atoms with Gasteiger partial charge in [-0.25, -0.2) is 0 Å². The minimum absolute atomic E-state index is 0.0685. The van der Waals surface area contributed by atoms with Gasteiger partial charge in [0.05, 0.1) is 18.8 Å². The molecule has 29 heavy (non-hydrogen) atoms. The number of fused-ring (bicyclic) bond motifs is 2. The van der Waals surface area contributed by atoms with E-state index < -0.39 is 0 Å². The number of nitrogens with zero attached hydrogens (tertiary/aromatic N) is 1. The molecule has 2 aliphatic rings. The van der Waals surface area contributed by atoms with Crippen LogP contribution in [0.1, 0.15) is 42.5 Å². The number of pyridine rings is 1. The van der Waals surface area contributed by atoms with Gasteiger partial charge in [0.15, 0.2) is 0 Å². The zero-order chi connectivity index (χ0) is 20.1. The van der Waals surface area contributed by atoms with Crippen LogP contribution in [0, 0.1) is 0 Å². The number of carbonyl (C=O) groups excluding carboxylic acids is 1. The molecule has 6 heteroatoms. The van der Waals surface area contributed by atoms with Gasteiger partial charge in [0.1, 0.15) is 6.61 Å². The summed E-state index contributed by atoms with van der Waals surface area (Å²) >= 11 is 0. The number of hydrogen-bond acceptors (Lipinski definition) is 5. The number of aromatic nitrogens is 1. The van der Waals surface area contributed by atoms with E-state index >= 15 is 0 Å². The lowest BCUT2D eigenvalue weighted by Gasteiger charge is -2.41. The van der Waals surface area contributed by atoms with Crippen molar-refractivity contribution >= 4 is 5.91 Å². The molecule has 2 aromatic rings. The highest BCUT2D eigenvalue weighted by molar-refractivity contribution is 5.78. The quantitative estimate of drug-likeness (QED) is 0.754. The predicted octanol–water partition coefficient (Wildman–Crippen LogP) is 2.50. The molecule has 1 aromatic heterocycles. The van der Waals surface area contributed by atoms with Crippen LogP contribution in [0.4, 0.5) is 0 Å². The Morgan fingerprint density at radius 1 is 1.24 bits per heavy atom. The summed E-state index contributed by atoms with van der Waals surface area (Å²) in [5.41, 5.74) is 3.40. The van der Waals surface area contributed by atoms with E-state index in [9.17, 15) is 4.79 Å². The summed E-state index contributed by atoms with van der Waals surface area (Å²) in [7, 11) is 0. The van der Waals surface area contributed by atoms with Crippen LogP contribution in [-0.2, 0) is 26.3 Å². The van der Waals surface area contributed by atoms with Crippen LogP contribution in [-0.4, -0.2) is 43.3 Å². The molecule has 1 amide bonds. The molecule has 154 valence electrons. The van der Waals surface area contributed by atoms with Gasteiger partial charge in [-0.2, -0.15) is 0 Å². The molecule has 2 N–H and O–H groups in total. The summed E-state index contributed by atoms with van der Waals surface area (Å²) in [6.07, 6.45) is 5.44. The van der Waals surface area contributed by atoms with E-state index in [1.165, 1.54) is 5.56 Å². The molecule has 4 rings (SSSR count). The fourth-order valence-corrected chi connectivity index (χ4v) is 4.77. The maximum atomic E-state index is 12.5. The van der Waals surface area contributed by atoms with Crippen molar-refractivity contribution in [1.29, 1.82) is 0 Å². The number of rotatable bonds is 7. The van der Waals surface area contributed by atoms with E-state index in [0.717, 1.165) is 37.1 Å². The van der Waals surface area contributed by atoms with Gasteiger partial charge < -0.3 is 20.1 Å². The van der Waals surface area contributed by atoms with Crippen LogP contribution >= 0.6 is 0 Å². The van der Waals surface area contributed by atoms with Crippen molar-refractivity contribution in [1.82, 2.24) is 15.6 Å². The van der Waals surface area contributed by atoms with E-state index in [2.05, 4.69) is 33.8 Å². The summed E-state index contributed by atoms with van der Waals surface area (Å²) < 4.78 is 11.9. The van der Waals surface area contributed by atoms with Gasteiger partial charge in [0, 0.05) is 24.4 Å². The molecule has 0 radical (unpaired) electrons. The van der Waals surface area contributed by atoms with E-state index in [1.807, 2.05) is 31.3 Å². The minimum atomic E-state index is -0.186. The summed E-state index contributed by atoms with van der Waals surface area (Å²) in [5, 5.41) is 6.67. The van der Waals surface area contributed by atoms with Crippen LogP contribution in [0.3, 0.4) is 0 Å². The standard InChI is InChI=1S/C23H29N3O3/c1-2-28-16-20(27)26-21-18-7-3-4-8-19(18)23(9-12-24-13-10-23)22(21)29-15-17-6-5-11-25-14-17/h3-8,11,14,21-22,24H,2,9-10,12-13,15-16H2,1H3,(H,26,27)/t21-,22+/m0/s1. The Morgan fingerprint density at radius 3 is 2.83 bits per heavy atom. The molecular weight excluding hydrogens is 366 g/mol. The highest BCUT2D eigenvalue weighted by Crippen LogP contribution is 2.51. The molecule has 1 spiro atoms. The number of benzene rings is 1. The Balaban J connectivity index is 1.65. The summed E-state index contributed by atoms with van der Waals surface area (Å²) in [6, 6.07) is 12.2. The van der Waals surface area contributed by atoms with Crippen molar-refractivity contribution in [3.05, 3.63) is 65.5 Å². The SMILES string of the molecule is CCOCC(=O)N[C@H]1c2ccccc2C2(CCNCC2)[C@@H]1OCc1cccnc1. The van der Waals surface area contributed by atoms with Crippen molar-refractivity contribution < 1.29 is 14.3 Å². The first-order valence-electron chi connectivity index (χ1n) is 10.4. The summed E-state index contributed by atoms with van der Waals surface area (Å²) in [6.45, 7) is 4.84. The van der Waals surface area contributed by atoms with Gasteiger partial charge in [0.25, 0.3) is 0 Å². The van der Waals surface area contributed by atoms with Crippen molar-refractivity contribution in [2.75, 3.05) is 26.3 Å². The molecule has 1 fully saturated rings. The number of carbonyl (C=O) groups is 1. The molecule has 0 bridgehead atoms. The third-order valence-electron chi connectivity index (χ3n) is 6.08. The molecule has 2 atom stereocenters. The lowest BCUT2D eigenvalue weighted by atomic mass is 9.72. The van der Waals surface area contributed by atoms with Crippen molar-refractivity contribution in [3.8, 4) is 0 Å². The topological polar surface area (TPSA) is 72.5 Å². The molecule has 2 heterocycles. The molecule has 1 aliphatic carbocycles. The van der Waals surface area contributed by atoms with Crippen molar-refractivity contribution in [2.24, 2.45) is 0 Å². The third kappa shape index (κ3) is 4.06. The number of amides is 1. The number of hydrogen-bond donors (Lipinski definition) is 2. The Bertz CT molecular complexity index is 821. The van der Waals surface area contributed by atoms with Gasteiger partial charge >= 0.3 is 0 Å². The highest BCUT2D eigenvalue weighted by Gasteiger charge is 2.53. The Kier molecular flexibility index (Phi) is 6.23. The van der Waals surface area contributed by atoms with Crippen molar-refractivity contribution in [2.45, 2.75) is 43.9 Å². The average molecular weight is 396 g/mol. The maximum absolute atomic E-state index is 12.5. The number of ether oxygens (including phenoxy) is 2. The van der Waals surface area contributed by atoms with Gasteiger partial charge in [-0.1, -0.05) is 30.3 Å². The van der Waals surface area contributed by atoms with Crippen LogP contribution in [0.5, 0.6) is 0 Å². The predicted molar refractivity (Wildman–Crippen MR) is 110 cm³/mol. The number of piperidine rings is 1. The first-order valence-corrected chi connectivity index (χ1v) is 10.4. The lowest BCUT2D eigenvalue weighted by molar-refractivity contribution is -0.128. The van der Waals surface area contributed by atoms with E-state index in [4.69, 9.17) is 9.47 Å². The molecule has 0 saturated carbocycles. The molecule has 1 saturated heterocycles. The average Bonchev–Trinajstić information content (AvgIpc) is 3.01. The lowest BCUT2D eigenvalue weighted by Crippen LogP contribution is -2.50.